The second-order valence-electron chi connectivity index (χ2n) is 8.83. The molecule has 1 fully saturated rings. The van der Waals surface area contributed by atoms with Crippen LogP contribution >= 0.6 is 12.2 Å². The van der Waals surface area contributed by atoms with E-state index >= 15 is 0 Å². The summed E-state index contributed by atoms with van der Waals surface area (Å²) in [5.41, 5.74) is 4.87. The fraction of sp³-hybridized carbons (Fsp3) is 0.423. The lowest BCUT2D eigenvalue weighted by atomic mass is 10.1. The first-order valence-electron chi connectivity index (χ1n) is 11.8. The third kappa shape index (κ3) is 5.90. The van der Waals surface area contributed by atoms with Crippen molar-refractivity contribution in [2.75, 3.05) is 42.9 Å². The van der Waals surface area contributed by atoms with Gasteiger partial charge < -0.3 is 20.1 Å². The number of H-pyrrole nitrogens is 1. The van der Waals surface area contributed by atoms with Gasteiger partial charge in [-0.2, -0.15) is 0 Å². The highest BCUT2D eigenvalue weighted by Gasteiger charge is 2.21. The van der Waals surface area contributed by atoms with Gasteiger partial charge in [-0.05, 0) is 68.2 Å². The minimum Gasteiger partial charge on any atom is -0.369 e. The molecule has 2 aromatic carbocycles. The van der Waals surface area contributed by atoms with Gasteiger partial charge in [0.05, 0.1) is 5.52 Å². The third-order valence-corrected chi connectivity index (χ3v) is 6.53. The van der Waals surface area contributed by atoms with E-state index in [0.717, 1.165) is 68.7 Å². The van der Waals surface area contributed by atoms with Crippen molar-refractivity contribution in [2.24, 2.45) is 0 Å². The highest BCUT2D eigenvalue weighted by atomic mass is 32.1. The van der Waals surface area contributed by atoms with Gasteiger partial charge in [0.1, 0.15) is 5.82 Å². The van der Waals surface area contributed by atoms with Crippen LogP contribution in [0.3, 0.4) is 0 Å². The van der Waals surface area contributed by atoms with Crippen LogP contribution in [0.25, 0.3) is 10.9 Å². The number of anilines is 2. The maximum Gasteiger partial charge on any atom is 0.222 e. The van der Waals surface area contributed by atoms with Gasteiger partial charge in [0, 0.05) is 50.2 Å². The van der Waals surface area contributed by atoms with E-state index in [9.17, 15) is 4.79 Å². The molecule has 0 saturated carbocycles. The number of aromatic amines is 1. The average molecular weight is 464 g/mol. The topological polar surface area (TPSA) is 64.3 Å². The molecule has 3 aromatic rings. The van der Waals surface area contributed by atoms with E-state index in [2.05, 4.69) is 52.2 Å². The van der Waals surface area contributed by atoms with Gasteiger partial charge in [-0.1, -0.05) is 30.7 Å². The number of carbonyl (C=O) groups excluding carboxylic acids is 1. The van der Waals surface area contributed by atoms with Crippen molar-refractivity contribution in [2.45, 2.75) is 39.5 Å². The summed E-state index contributed by atoms with van der Waals surface area (Å²) in [4.78, 5) is 24.7. The van der Waals surface area contributed by atoms with E-state index in [1.165, 1.54) is 16.8 Å². The molecule has 0 aliphatic carbocycles. The predicted octanol–water partition coefficient (Wildman–Crippen LogP) is 5.23. The second-order valence-corrected chi connectivity index (χ2v) is 9.22. The molecule has 0 atom stereocenters. The minimum absolute atomic E-state index is 0.283. The molecule has 2 N–H and O–H groups in total. The van der Waals surface area contributed by atoms with Gasteiger partial charge in [0.25, 0.3) is 0 Å². The number of hydrogen-bond donors (Lipinski definition) is 2. The Labute approximate surface area is 201 Å². The van der Waals surface area contributed by atoms with Crippen molar-refractivity contribution in [3.63, 3.8) is 0 Å². The maximum absolute atomic E-state index is 12.7. The van der Waals surface area contributed by atoms with Crippen molar-refractivity contribution in [3.05, 3.63) is 58.4 Å². The number of carbonyl (C=O) groups is 1. The Hall–Kier alpha value is -2.93. The fourth-order valence-electron chi connectivity index (χ4n) is 4.44. The van der Waals surface area contributed by atoms with Crippen LogP contribution in [0.15, 0.2) is 42.5 Å². The number of hydrogen-bond acceptors (Lipinski definition) is 5. The van der Waals surface area contributed by atoms with Crippen molar-refractivity contribution >= 4 is 40.5 Å². The van der Waals surface area contributed by atoms with Crippen molar-refractivity contribution in [1.82, 2.24) is 14.9 Å². The van der Waals surface area contributed by atoms with E-state index in [0.29, 0.717) is 11.2 Å². The number of para-hydroxylation sites is 1. The van der Waals surface area contributed by atoms with Gasteiger partial charge in [-0.3, -0.25) is 4.79 Å². The number of aryl methyl sites for hydroxylation is 2. The zero-order valence-corrected chi connectivity index (χ0v) is 20.4. The van der Waals surface area contributed by atoms with E-state index < -0.39 is 0 Å². The van der Waals surface area contributed by atoms with Gasteiger partial charge in [0.2, 0.25) is 5.91 Å². The lowest BCUT2D eigenvalue weighted by Gasteiger charge is -2.37. The van der Waals surface area contributed by atoms with E-state index in [-0.39, 0.29) is 5.91 Å². The number of benzene rings is 2. The Bertz CT molecular complexity index is 1170. The zero-order chi connectivity index (χ0) is 23.2. The zero-order valence-electron chi connectivity index (χ0n) is 19.6. The van der Waals surface area contributed by atoms with Crippen LogP contribution in [-0.2, 0) is 4.79 Å². The number of nitrogens with zero attached hydrogens (tertiary/aromatic N) is 3. The summed E-state index contributed by atoms with van der Waals surface area (Å²) in [6, 6.07) is 14.6. The van der Waals surface area contributed by atoms with Crippen LogP contribution in [-0.4, -0.2) is 53.5 Å². The molecular formula is C26H33N5OS. The number of fused-ring (bicyclic) bond motifs is 1. The molecule has 6 nitrogen and oxygen atoms in total. The first kappa shape index (κ1) is 23.2. The first-order valence-corrected chi connectivity index (χ1v) is 12.2. The molecule has 0 unspecified atom stereocenters. The second kappa shape index (κ2) is 10.8. The molecular weight excluding hydrogens is 430 g/mol. The molecule has 1 aliphatic rings. The highest BCUT2D eigenvalue weighted by Crippen LogP contribution is 2.23. The van der Waals surface area contributed by atoms with Gasteiger partial charge in [-0.15, -0.1) is 0 Å². The normalized spacial score (nSPS) is 14.0. The van der Waals surface area contributed by atoms with Crippen LogP contribution in [0.4, 0.5) is 11.5 Å². The summed E-state index contributed by atoms with van der Waals surface area (Å²) in [6.07, 6.45) is 3.55. The van der Waals surface area contributed by atoms with Gasteiger partial charge in [-0.25, -0.2) is 4.98 Å². The van der Waals surface area contributed by atoms with Crippen LogP contribution in [0, 0.1) is 18.6 Å². The summed E-state index contributed by atoms with van der Waals surface area (Å²) in [5.74, 6) is 1.11. The quantitative estimate of drug-likeness (QED) is 0.354. The summed E-state index contributed by atoms with van der Waals surface area (Å²) in [7, 11) is 0. The molecule has 1 saturated heterocycles. The van der Waals surface area contributed by atoms with Gasteiger partial charge >= 0.3 is 0 Å². The number of piperazine rings is 1. The minimum atomic E-state index is 0.283. The van der Waals surface area contributed by atoms with Crippen LogP contribution in [0.5, 0.6) is 0 Å². The molecule has 2 heterocycles. The van der Waals surface area contributed by atoms with Crippen LogP contribution in [0.1, 0.15) is 36.8 Å². The lowest BCUT2D eigenvalue weighted by Crippen LogP contribution is -2.49. The Balaban J connectivity index is 1.17. The predicted molar refractivity (Wildman–Crippen MR) is 139 cm³/mol. The monoisotopic (exact) mass is 463 g/mol. The standard InChI is InChI=1S/C26H33N5OS/c1-19-11-12-20(2)23(18-19)30-14-16-31(17-15-30)24(32)10-4-3-7-13-27-25-21-8-5-6-9-22(21)28-26(33)29-25/h5-6,8-9,11-12,18H,3-4,7,10,13-17H2,1-2H3,(H2,27,28,29,33). The molecule has 174 valence electrons. The van der Waals surface area contributed by atoms with Gasteiger partial charge in [0.15, 0.2) is 4.77 Å². The van der Waals surface area contributed by atoms with E-state index in [1.807, 2.05) is 29.2 Å². The summed E-state index contributed by atoms with van der Waals surface area (Å²) in [6.45, 7) is 8.53. The molecule has 0 radical (unpaired) electrons. The van der Waals surface area contributed by atoms with Crippen molar-refractivity contribution < 1.29 is 4.79 Å². The van der Waals surface area contributed by atoms with Crippen LogP contribution in [0.2, 0.25) is 0 Å². The lowest BCUT2D eigenvalue weighted by molar-refractivity contribution is -0.131. The highest BCUT2D eigenvalue weighted by molar-refractivity contribution is 7.71. The number of amides is 1. The average Bonchev–Trinajstić information content (AvgIpc) is 2.82. The molecule has 1 aliphatic heterocycles. The maximum atomic E-state index is 12.7. The Morgan fingerprint density at radius 1 is 1.06 bits per heavy atom. The largest absolute Gasteiger partial charge is 0.369 e. The Morgan fingerprint density at radius 2 is 1.85 bits per heavy atom. The number of aromatic nitrogens is 2. The fourth-order valence-corrected chi connectivity index (χ4v) is 4.64. The molecule has 0 spiro atoms. The SMILES string of the molecule is Cc1ccc(C)c(N2CCN(C(=O)CCCCCNc3nc(=S)[nH]c4ccccc34)CC2)c1. The Morgan fingerprint density at radius 3 is 2.67 bits per heavy atom. The summed E-state index contributed by atoms with van der Waals surface area (Å²) >= 11 is 5.23. The van der Waals surface area contributed by atoms with Crippen molar-refractivity contribution in [1.29, 1.82) is 0 Å². The third-order valence-electron chi connectivity index (χ3n) is 6.33. The molecule has 7 heteroatoms. The molecule has 1 aromatic heterocycles. The van der Waals surface area contributed by atoms with E-state index in [1.54, 1.807) is 0 Å². The Kier molecular flexibility index (Phi) is 7.60. The van der Waals surface area contributed by atoms with E-state index in [4.69, 9.17) is 12.2 Å². The smallest absolute Gasteiger partial charge is 0.222 e. The molecule has 1 amide bonds. The van der Waals surface area contributed by atoms with Crippen LogP contribution < -0.4 is 10.2 Å². The molecule has 4 rings (SSSR count). The number of unbranched alkanes of at least 4 members (excludes halogenated alkanes) is 2. The summed E-state index contributed by atoms with van der Waals surface area (Å²) < 4.78 is 0.486. The first-order chi connectivity index (χ1) is 16.0. The number of nitrogens with one attached hydrogen (secondary N) is 2. The number of rotatable bonds is 8. The molecule has 33 heavy (non-hydrogen) atoms. The van der Waals surface area contributed by atoms with Crippen molar-refractivity contribution in [3.8, 4) is 0 Å². The molecule has 0 bridgehead atoms. The summed E-state index contributed by atoms with van der Waals surface area (Å²) in [5, 5.41) is 4.45.